The van der Waals surface area contributed by atoms with Crippen molar-refractivity contribution in [1.82, 2.24) is 4.98 Å². The van der Waals surface area contributed by atoms with Gasteiger partial charge in [-0.05, 0) is 30.3 Å². The Morgan fingerprint density at radius 1 is 0.947 bits per heavy atom. The first-order chi connectivity index (χ1) is 9.25. The summed E-state index contributed by atoms with van der Waals surface area (Å²) in [6, 6.07) is 13.3. The van der Waals surface area contributed by atoms with E-state index >= 15 is 0 Å². The van der Waals surface area contributed by atoms with Crippen molar-refractivity contribution in [2.75, 3.05) is 0 Å². The van der Waals surface area contributed by atoms with Gasteiger partial charge in [-0.25, -0.2) is 4.39 Å². The molecule has 0 amide bonds. The van der Waals surface area contributed by atoms with E-state index in [9.17, 15) is 4.39 Å². The van der Waals surface area contributed by atoms with Gasteiger partial charge in [0.05, 0.1) is 10.5 Å². The second-order valence-corrected chi connectivity index (χ2v) is 4.38. The molecular formula is C15H9ClFNO. The maximum atomic E-state index is 13.6. The van der Waals surface area contributed by atoms with Crippen molar-refractivity contribution < 1.29 is 9.13 Å². The predicted octanol–water partition coefficient (Wildman–Crippen LogP) is 4.82. The zero-order valence-corrected chi connectivity index (χ0v) is 10.6. The molecule has 0 N–H and O–H groups in total. The van der Waals surface area contributed by atoms with Crippen LogP contribution in [0.25, 0.3) is 10.9 Å². The standard InChI is InChI=1S/C15H9ClFNO/c16-11-5-3-4-10-13(8-9-18-15(10)11)19-14-7-2-1-6-12(14)17/h1-9H. The highest BCUT2D eigenvalue weighted by molar-refractivity contribution is 6.35. The summed E-state index contributed by atoms with van der Waals surface area (Å²) in [7, 11) is 0. The van der Waals surface area contributed by atoms with E-state index in [0.717, 1.165) is 5.39 Å². The maximum absolute atomic E-state index is 13.6. The normalized spacial score (nSPS) is 10.6. The van der Waals surface area contributed by atoms with Crippen LogP contribution < -0.4 is 4.74 Å². The van der Waals surface area contributed by atoms with Crippen LogP contribution in [0.2, 0.25) is 5.02 Å². The minimum absolute atomic E-state index is 0.176. The molecule has 1 heterocycles. The van der Waals surface area contributed by atoms with Gasteiger partial charge in [0.2, 0.25) is 0 Å². The smallest absolute Gasteiger partial charge is 0.165 e. The highest BCUT2D eigenvalue weighted by Crippen LogP contribution is 2.32. The Hall–Kier alpha value is -2.13. The van der Waals surface area contributed by atoms with Crippen LogP contribution in [0.4, 0.5) is 4.39 Å². The van der Waals surface area contributed by atoms with Crippen LogP contribution in [0, 0.1) is 5.82 Å². The molecule has 94 valence electrons. The molecule has 0 aliphatic rings. The summed E-state index contributed by atoms with van der Waals surface area (Å²) < 4.78 is 19.2. The molecule has 0 atom stereocenters. The topological polar surface area (TPSA) is 22.1 Å². The Bertz CT molecular complexity index is 745. The molecule has 4 heteroatoms. The molecule has 0 unspecified atom stereocenters. The third kappa shape index (κ3) is 2.25. The molecule has 2 aromatic carbocycles. The second-order valence-electron chi connectivity index (χ2n) is 3.98. The van der Waals surface area contributed by atoms with Crippen molar-refractivity contribution in [2.24, 2.45) is 0 Å². The molecule has 19 heavy (non-hydrogen) atoms. The van der Waals surface area contributed by atoms with Crippen molar-refractivity contribution in [3.05, 3.63) is 65.6 Å². The first kappa shape index (κ1) is 11.9. The number of nitrogens with zero attached hydrogens (tertiary/aromatic N) is 1. The van der Waals surface area contributed by atoms with Crippen LogP contribution >= 0.6 is 11.6 Å². The fourth-order valence-corrected chi connectivity index (χ4v) is 2.07. The van der Waals surface area contributed by atoms with Crippen molar-refractivity contribution >= 4 is 22.5 Å². The molecule has 1 aromatic heterocycles. The number of para-hydroxylation sites is 2. The van der Waals surface area contributed by atoms with E-state index in [4.69, 9.17) is 16.3 Å². The first-order valence-electron chi connectivity index (χ1n) is 5.71. The summed E-state index contributed by atoms with van der Waals surface area (Å²) >= 11 is 6.07. The van der Waals surface area contributed by atoms with Crippen LogP contribution in [0.15, 0.2) is 54.7 Å². The van der Waals surface area contributed by atoms with E-state index in [2.05, 4.69) is 4.98 Å². The monoisotopic (exact) mass is 273 g/mol. The molecule has 0 saturated carbocycles. The first-order valence-corrected chi connectivity index (χ1v) is 6.09. The number of ether oxygens (including phenoxy) is 1. The average Bonchev–Trinajstić information content (AvgIpc) is 2.42. The number of halogens is 2. The van der Waals surface area contributed by atoms with Crippen LogP contribution in [0.1, 0.15) is 0 Å². The highest BCUT2D eigenvalue weighted by Gasteiger charge is 2.09. The van der Waals surface area contributed by atoms with Crippen LogP contribution in [-0.4, -0.2) is 4.98 Å². The third-order valence-electron chi connectivity index (χ3n) is 2.74. The van der Waals surface area contributed by atoms with Crippen LogP contribution in [0.3, 0.4) is 0 Å². The van der Waals surface area contributed by atoms with Crippen molar-refractivity contribution in [1.29, 1.82) is 0 Å². The lowest BCUT2D eigenvalue weighted by Crippen LogP contribution is -1.90. The lowest BCUT2D eigenvalue weighted by atomic mass is 10.2. The molecule has 0 aliphatic heterocycles. The Kier molecular flexibility index (Phi) is 3.05. The summed E-state index contributed by atoms with van der Waals surface area (Å²) in [6.07, 6.45) is 1.59. The summed E-state index contributed by atoms with van der Waals surface area (Å²) in [4.78, 5) is 4.20. The largest absolute Gasteiger partial charge is 0.454 e. The number of fused-ring (bicyclic) bond motifs is 1. The lowest BCUT2D eigenvalue weighted by molar-refractivity contribution is 0.446. The molecule has 0 saturated heterocycles. The van der Waals surface area contributed by atoms with Gasteiger partial charge in [-0.2, -0.15) is 0 Å². The van der Waals surface area contributed by atoms with E-state index in [1.54, 1.807) is 42.6 Å². The maximum Gasteiger partial charge on any atom is 0.165 e. The van der Waals surface area contributed by atoms with E-state index in [1.165, 1.54) is 6.07 Å². The van der Waals surface area contributed by atoms with Crippen LogP contribution in [-0.2, 0) is 0 Å². The molecular weight excluding hydrogens is 265 g/mol. The number of rotatable bonds is 2. The predicted molar refractivity (Wildman–Crippen MR) is 73.2 cm³/mol. The van der Waals surface area contributed by atoms with Crippen LogP contribution in [0.5, 0.6) is 11.5 Å². The summed E-state index contributed by atoms with van der Waals surface area (Å²) in [5.41, 5.74) is 0.637. The number of benzene rings is 2. The molecule has 0 spiro atoms. The molecule has 2 nitrogen and oxygen atoms in total. The molecule has 0 bridgehead atoms. The van der Waals surface area contributed by atoms with E-state index in [-0.39, 0.29) is 5.75 Å². The zero-order chi connectivity index (χ0) is 13.2. The van der Waals surface area contributed by atoms with E-state index in [0.29, 0.717) is 16.3 Å². The van der Waals surface area contributed by atoms with Gasteiger partial charge in [0.15, 0.2) is 11.6 Å². The fourth-order valence-electron chi connectivity index (χ4n) is 1.85. The van der Waals surface area contributed by atoms with Crippen molar-refractivity contribution in [3.8, 4) is 11.5 Å². The van der Waals surface area contributed by atoms with Crippen molar-refractivity contribution in [2.45, 2.75) is 0 Å². The molecule has 3 rings (SSSR count). The molecule has 0 fully saturated rings. The highest BCUT2D eigenvalue weighted by atomic mass is 35.5. The van der Waals surface area contributed by atoms with Gasteiger partial charge in [0.1, 0.15) is 5.75 Å². The number of aromatic nitrogens is 1. The van der Waals surface area contributed by atoms with Gasteiger partial charge in [0.25, 0.3) is 0 Å². The number of pyridine rings is 1. The minimum atomic E-state index is -0.408. The number of hydrogen-bond donors (Lipinski definition) is 0. The van der Waals surface area contributed by atoms with E-state index < -0.39 is 5.82 Å². The molecule has 3 aromatic rings. The number of hydrogen-bond acceptors (Lipinski definition) is 2. The van der Waals surface area contributed by atoms with Gasteiger partial charge >= 0.3 is 0 Å². The minimum Gasteiger partial charge on any atom is -0.454 e. The van der Waals surface area contributed by atoms with Gasteiger partial charge in [-0.15, -0.1) is 0 Å². The van der Waals surface area contributed by atoms with Gasteiger partial charge in [-0.3, -0.25) is 4.98 Å². The molecule has 0 radical (unpaired) electrons. The van der Waals surface area contributed by atoms with Crippen molar-refractivity contribution in [3.63, 3.8) is 0 Å². The second kappa shape index (κ2) is 4.86. The van der Waals surface area contributed by atoms with Gasteiger partial charge in [-0.1, -0.05) is 29.8 Å². The third-order valence-corrected chi connectivity index (χ3v) is 3.04. The molecule has 0 aliphatic carbocycles. The Morgan fingerprint density at radius 2 is 1.79 bits per heavy atom. The average molecular weight is 274 g/mol. The Morgan fingerprint density at radius 3 is 2.63 bits per heavy atom. The van der Waals surface area contributed by atoms with E-state index in [1.807, 2.05) is 6.07 Å². The lowest BCUT2D eigenvalue weighted by Gasteiger charge is -2.09. The summed E-state index contributed by atoms with van der Waals surface area (Å²) in [5, 5.41) is 1.29. The zero-order valence-electron chi connectivity index (χ0n) is 9.81. The summed E-state index contributed by atoms with van der Waals surface area (Å²) in [6.45, 7) is 0. The van der Waals surface area contributed by atoms with Gasteiger partial charge < -0.3 is 4.74 Å². The Labute approximate surface area is 114 Å². The SMILES string of the molecule is Fc1ccccc1Oc1ccnc2c(Cl)cccc12. The summed E-state index contributed by atoms with van der Waals surface area (Å²) in [5.74, 6) is 0.294. The Balaban J connectivity index is 2.12. The quantitative estimate of drug-likeness (QED) is 0.668. The van der Waals surface area contributed by atoms with Gasteiger partial charge in [0, 0.05) is 11.6 Å². The fraction of sp³-hybridized carbons (Fsp3) is 0.